The van der Waals surface area contributed by atoms with Gasteiger partial charge in [-0.05, 0) is 87.3 Å². The first kappa shape index (κ1) is 31.0. The van der Waals surface area contributed by atoms with Crippen LogP contribution in [-0.2, 0) is 22.3 Å². The fourth-order valence-corrected chi connectivity index (χ4v) is 6.72. The van der Waals surface area contributed by atoms with Gasteiger partial charge in [-0.15, -0.1) is 0 Å². The Labute approximate surface area is 242 Å². The molecule has 0 spiro atoms. The summed E-state index contributed by atoms with van der Waals surface area (Å²) in [7, 11) is 0. The van der Waals surface area contributed by atoms with Crippen LogP contribution in [0, 0.1) is 17.8 Å². The Bertz CT molecular complexity index is 1230. The molecule has 1 aliphatic heterocycles. The lowest BCUT2D eigenvalue weighted by Gasteiger charge is -2.33. The van der Waals surface area contributed by atoms with Gasteiger partial charge in [0.05, 0.1) is 18.1 Å². The molecule has 0 N–H and O–H groups in total. The molecule has 2 aliphatic carbocycles. The first-order valence-electron chi connectivity index (χ1n) is 15.1. The highest BCUT2D eigenvalue weighted by Crippen LogP contribution is 2.45. The Kier molecular flexibility index (Phi) is 9.30. The lowest BCUT2D eigenvalue weighted by Crippen LogP contribution is -2.36. The molecule has 3 aliphatic rings. The minimum Gasteiger partial charge on any atom is -0.490 e. The topological polar surface area (TPSA) is 38.8 Å². The van der Waals surface area contributed by atoms with Crippen molar-refractivity contribution in [1.29, 1.82) is 0 Å². The first-order valence-corrected chi connectivity index (χ1v) is 15.1. The molecule has 2 atom stereocenters. The van der Waals surface area contributed by atoms with Crippen LogP contribution in [-0.4, -0.2) is 42.3 Å². The highest BCUT2D eigenvalue weighted by Gasteiger charge is 2.43. The van der Waals surface area contributed by atoms with Gasteiger partial charge in [0.2, 0.25) is 0 Å². The highest BCUT2D eigenvalue weighted by molar-refractivity contribution is 5.91. The van der Waals surface area contributed by atoms with E-state index in [1.807, 2.05) is 6.92 Å². The molecule has 1 unspecified atom stereocenters. The van der Waals surface area contributed by atoms with Crippen LogP contribution in [0.2, 0.25) is 0 Å². The Morgan fingerprint density at radius 2 is 1.69 bits per heavy atom. The van der Waals surface area contributed by atoms with E-state index in [0.717, 1.165) is 19.3 Å². The quantitative estimate of drug-likeness (QED) is 0.214. The van der Waals surface area contributed by atoms with Crippen LogP contribution in [0.5, 0.6) is 5.75 Å². The minimum atomic E-state index is -4.72. The van der Waals surface area contributed by atoms with Crippen LogP contribution in [0.25, 0.3) is 10.8 Å². The number of piperidine rings is 1. The van der Waals surface area contributed by atoms with E-state index < -0.39 is 29.9 Å². The zero-order chi connectivity index (χ0) is 30.1. The fourth-order valence-electron chi connectivity index (χ4n) is 6.72. The largest absolute Gasteiger partial charge is 0.490 e. The number of carbonyl (C=O) groups is 1. The van der Waals surface area contributed by atoms with Crippen molar-refractivity contribution in [2.24, 2.45) is 17.8 Å². The van der Waals surface area contributed by atoms with Crippen LogP contribution >= 0.6 is 0 Å². The molecule has 0 bridgehead atoms. The second kappa shape index (κ2) is 12.6. The van der Waals surface area contributed by atoms with Gasteiger partial charge < -0.3 is 9.47 Å². The Balaban J connectivity index is 1.30. The van der Waals surface area contributed by atoms with Gasteiger partial charge in [-0.3, -0.25) is 9.69 Å². The number of esters is 1. The van der Waals surface area contributed by atoms with E-state index in [4.69, 9.17) is 9.47 Å². The van der Waals surface area contributed by atoms with Gasteiger partial charge in [0.1, 0.15) is 11.3 Å². The lowest BCUT2D eigenvalue weighted by molar-refractivity contribution is -0.185. The van der Waals surface area contributed by atoms with Crippen molar-refractivity contribution in [3.63, 3.8) is 0 Å². The van der Waals surface area contributed by atoms with Gasteiger partial charge in [0.15, 0.2) is 0 Å². The van der Waals surface area contributed by atoms with E-state index in [9.17, 15) is 31.1 Å². The Morgan fingerprint density at radius 3 is 2.36 bits per heavy atom. The summed E-state index contributed by atoms with van der Waals surface area (Å²) >= 11 is 0. The van der Waals surface area contributed by atoms with E-state index in [2.05, 4.69) is 4.90 Å². The smallest absolute Gasteiger partial charge is 0.420 e. The van der Waals surface area contributed by atoms with Crippen molar-refractivity contribution in [2.75, 3.05) is 13.1 Å². The summed E-state index contributed by atoms with van der Waals surface area (Å²) in [5, 5.41) is 0.483. The molecule has 0 aromatic heterocycles. The van der Waals surface area contributed by atoms with E-state index in [0.29, 0.717) is 36.4 Å². The third-order valence-electron chi connectivity index (χ3n) is 8.96. The van der Waals surface area contributed by atoms with Crippen molar-refractivity contribution in [1.82, 2.24) is 4.90 Å². The second-order valence-electron chi connectivity index (χ2n) is 12.5. The van der Waals surface area contributed by atoms with Gasteiger partial charge >= 0.3 is 18.3 Å². The summed E-state index contributed by atoms with van der Waals surface area (Å²) in [6, 6.07) is 7.93. The average molecular weight is 600 g/mol. The molecule has 42 heavy (non-hydrogen) atoms. The number of carbonyl (C=O) groups excluding carboxylic acids is 1. The molecule has 0 amide bonds. The van der Waals surface area contributed by atoms with Crippen molar-refractivity contribution < 1.29 is 40.6 Å². The molecule has 4 nitrogen and oxygen atoms in total. The number of nitrogens with zero attached hydrogens (tertiary/aromatic N) is 1. The van der Waals surface area contributed by atoms with Crippen LogP contribution in [0.15, 0.2) is 30.3 Å². The number of likely N-dealkylation sites (tertiary alicyclic amines) is 1. The third kappa shape index (κ3) is 7.91. The maximum absolute atomic E-state index is 14.6. The number of alkyl halides is 6. The molecule has 2 saturated carbocycles. The lowest BCUT2D eigenvalue weighted by atomic mass is 9.87. The second-order valence-corrected chi connectivity index (χ2v) is 12.5. The molecule has 1 saturated heterocycles. The van der Waals surface area contributed by atoms with Crippen molar-refractivity contribution >= 4 is 16.7 Å². The molecule has 1 heterocycles. The zero-order valence-electron chi connectivity index (χ0n) is 23.9. The molecular formula is C32H39F6NO3. The number of halogens is 6. The predicted molar refractivity (Wildman–Crippen MR) is 147 cm³/mol. The van der Waals surface area contributed by atoms with Crippen LogP contribution in [0.4, 0.5) is 26.3 Å². The number of hydrogen-bond acceptors (Lipinski definition) is 4. The number of fused-ring (bicyclic) bond motifs is 1. The van der Waals surface area contributed by atoms with Gasteiger partial charge in [-0.25, -0.2) is 0 Å². The van der Waals surface area contributed by atoms with E-state index in [1.165, 1.54) is 18.9 Å². The van der Waals surface area contributed by atoms with E-state index in [1.54, 1.807) is 24.3 Å². The monoisotopic (exact) mass is 599 g/mol. The number of benzene rings is 2. The third-order valence-corrected chi connectivity index (χ3v) is 8.96. The van der Waals surface area contributed by atoms with Gasteiger partial charge in [-0.2, -0.15) is 26.3 Å². The highest BCUT2D eigenvalue weighted by atomic mass is 19.4. The molecule has 3 fully saturated rings. The molecule has 2 aromatic rings. The normalized spacial score (nSPS) is 24.9. The average Bonchev–Trinajstić information content (AvgIpc) is 3.72. The molecule has 10 heteroatoms. The number of ether oxygens (including phenoxy) is 2. The first-order chi connectivity index (χ1) is 19.9. The summed E-state index contributed by atoms with van der Waals surface area (Å²) in [6.45, 7) is 3.50. The summed E-state index contributed by atoms with van der Waals surface area (Å²) in [5.41, 5.74) is -0.373. The summed E-state index contributed by atoms with van der Waals surface area (Å²) in [5.74, 6) is -1.26. The standard InChI is InChI=1S/C32H39F6NO3/c1-20(16-21-7-8-21)41-28(40)17-22-4-3-15-39(18-22)19-24-6-2-5-23-9-14-27(30(29(23)24)32(36,37)38)42-26-12-10-25(11-13-26)31(33,34)35/h2,5-6,9,14,20-22,25-26H,3-4,7-8,10-13,15-19H2,1H3/t20?,22-,25?,26?/m1/s1. The van der Waals surface area contributed by atoms with E-state index in [-0.39, 0.29) is 61.4 Å². The van der Waals surface area contributed by atoms with Crippen molar-refractivity contribution in [3.05, 3.63) is 41.5 Å². The fraction of sp³-hybridized carbons (Fsp3) is 0.656. The molecule has 232 valence electrons. The SMILES string of the molecule is CC(CC1CC1)OC(=O)C[C@H]1CCCN(Cc2cccc3ccc(OC4CCC(C(F)(F)F)CC4)c(C(F)(F)F)c23)C1. The zero-order valence-corrected chi connectivity index (χ0v) is 23.9. The molecule has 2 aromatic carbocycles. The van der Waals surface area contributed by atoms with Crippen LogP contribution in [0.1, 0.15) is 82.3 Å². The van der Waals surface area contributed by atoms with E-state index >= 15 is 0 Å². The number of hydrogen-bond donors (Lipinski definition) is 0. The molecule has 5 rings (SSSR count). The van der Waals surface area contributed by atoms with Crippen LogP contribution < -0.4 is 4.74 Å². The maximum Gasteiger partial charge on any atom is 0.420 e. The maximum atomic E-state index is 14.6. The minimum absolute atomic E-state index is 0.0537. The summed E-state index contributed by atoms with van der Waals surface area (Å²) < 4.78 is 94.5. The molecule has 0 radical (unpaired) electrons. The summed E-state index contributed by atoms with van der Waals surface area (Å²) in [4.78, 5) is 14.6. The summed E-state index contributed by atoms with van der Waals surface area (Å²) in [6.07, 6.45) is -4.76. The Hall–Kier alpha value is -2.49. The molecular weight excluding hydrogens is 560 g/mol. The van der Waals surface area contributed by atoms with Gasteiger partial charge in [-0.1, -0.05) is 37.1 Å². The number of rotatable bonds is 9. The Morgan fingerprint density at radius 1 is 0.952 bits per heavy atom. The van der Waals surface area contributed by atoms with Gasteiger partial charge in [0, 0.05) is 24.9 Å². The van der Waals surface area contributed by atoms with Crippen LogP contribution in [0.3, 0.4) is 0 Å². The van der Waals surface area contributed by atoms with Crippen molar-refractivity contribution in [2.45, 2.75) is 102 Å². The van der Waals surface area contributed by atoms with Crippen molar-refractivity contribution in [3.8, 4) is 5.75 Å². The predicted octanol–water partition coefficient (Wildman–Crippen LogP) is 8.69. The van der Waals surface area contributed by atoms with Gasteiger partial charge in [0.25, 0.3) is 0 Å².